The molecule has 1 aromatic rings. The van der Waals surface area contributed by atoms with Crippen LogP contribution in [-0.4, -0.2) is 62.1 Å². The smallest absolute Gasteiger partial charge is 0.370 e. The number of hydrogen-bond donors (Lipinski definition) is 2. The molecule has 0 bridgehead atoms. The largest absolute Gasteiger partial charge is 0.475 e. The summed E-state index contributed by atoms with van der Waals surface area (Å²) in [6.45, 7) is 3.93. The van der Waals surface area contributed by atoms with Crippen molar-refractivity contribution in [2.75, 3.05) is 39.6 Å². The molecule has 0 unspecified atom stereocenters. The Morgan fingerprint density at radius 2 is 2.04 bits per heavy atom. The standard InChI is InChI=1S/C18H26O7S/c1-2-24-18-14(3-6-22-8-9-23-7-5-19)15(13-4-10-26-12-13)11-16(25-18)17(20)21/h4,10-12,14-15,18-19H,2-3,5-9H2,1H3,(H,20,21)/t14-,15+,18+/m0/s1. The Labute approximate surface area is 157 Å². The number of hydrogen-bond acceptors (Lipinski definition) is 7. The molecule has 2 heterocycles. The first kappa shape index (κ1) is 20.9. The number of thiophene rings is 1. The Kier molecular flexibility index (Phi) is 9.07. The zero-order valence-corrected chi connectivity index (χ0v) is 15.7. The Morgan fingerprint density at radius 3 is 2.65 bits per heavy atom. The van der Waals surface area contributed by atoms with Crippen LogP contribution >= 0.6 is 11.3 Å². The van der Waals surface area contributed by atoms with Crippen molar-refractivity contribution in [1.29, 1.82) is 0 Å². The lowest BCUT2D eigenvalue weighted by Gasteiger charge is -2.36. The minimum absolute atomic E-state index is 0.00395. The maximum absolute atomic E-state index is 11.4. The van der Waals surface area contributed by atoms with Crippen LogP contribution in [0.3, 0.4) is 0 Å². The molecule has 0 spiro atoms. The molecule has 0 radical (unpaired) electrons. The molecular formula is C18H26O7S. The summed E-state index contributed by atoms with van der Waals surface area (Å²) >= 11 is 1.57. The lowest BCUT2D eigenvalue weighted by atomic mass is 9.82. The molecule has 1 aliphatic heterocycles. The summed E-state index contributed by atoms with van der Waals surface area (Å²) < 4.78 is 22.0. The van der Waals surface area contributed by atoms with Crippen LogP contribution < -0.4 is 0 Å². The summed E-state index contributed by atoms with van der Waals surface area (Å²) in [5.41, 5.74) is 1.05. The van der Waals surface area contributed by atoms with Crippen LogP contribution in [0.4, 0.5) is 0 Å². The van der Waals surface area contributed by atoms with Crippen LogP contribution in [0.5, 0.6) is 0 Å². The summed E-state index contributed by atoms with van der Waals surface area (Å²) in [6.07, 6.45) is 1.69. The maximum Gasteiger partial charge on any atom is 0.370 e. The van der Waals surface area contributed by atoms with Gasteiger partial charge in [-0.3, -0.25) is 0 Å². The van der Waals surface area contributed by atoms with E-state index in [1.807, 2.05) is 23.8 Å². The van der Waals surface area contributed by atoms with Gasteiger partial charge in [-0.25, -0.2) is 4.79 Å². The van der Waals surface area contributed by atoms with Crippen LogP contribution in [0.1, 0.15) is 24.8 Å². The molecule has 0 saturated carbocycles. The highest BCUT2D eigenvalue weighted by molar-refractivity contribution is 7.08. The van der Waals surface area contributed by atoms with Crippen LogP contribution in [0.25, 0.3) is 0 Å². The van der Waals surface area contributed by atoms with Crippen LogP contribution in [0, 0.1) is 5.92 Å². The molecule has 1 aromatic heterocycles. The number of ether oxygens (including phenoxy) is 4. The fourth-order valence-corrected chi connectivity index (χ4v) is 3.59. The van der Waals surface area contributed by atoms with Gasteiger partial charge in [0.05, 0.1) is 26.4 Å². The molecule has 8 heteroatoms. The second-order valence-corrected chi connectivity index (χ2v) is 6.54. The van der Waals surface area contributed by atoms with E-state index in [1.54, 1.807) is 17.4 Å². The van der Waals surface area contributed by atoms with Crippen LogP contribution in [0.2, 0.25) is 0 Å². The van der Waals surface area contributed by atoms with E-state index in [0.717, 1.165) is 5.56 Å². The number of carbonyl (C=O) groups is 1. The van der Waals surface area contributed by atoms with E-state index in [4.69, 9.17) is 24.1 Å². The molecule has 2 rings (SSSR count). The molecule has 3 atom stereocenters. The second-order valence-electron chi connectivity index (χ2n) is 5.76. The highest BCUT2D eigenvalue weighted by Gasteiger charge is 2.38. The third-order valence-electron chi connectivity index (χ3n) is 4.06. The lowest BCUT2D eigenvalue weighted by Crippen LogP contribution is -2.37. The van der Waals surface area contributed by atoms with Gasteiger partial charge in [-0.2, -0.15) is 11.3 Å². The maximum atomic E-state index is 11.4. The number of carboxylic acids is 1. The van der Waals surface area contributed by atoms with Crippen LogP contribution in [-0.2, 0) is 23.7 Å². The number of allylic oxidation sites excluding steroid dienone is 1. The van der Waals surface area contributed by atoms with E-state index >= 15 is 0 Å². The van der Waals surface area contributed by atoms with Gasteiger partial charge >= 0.3 is 5.97 Å². The molecule has 7 nitrogen and oxygen atoms in total. The molecule has 26 heavy (non-hydrogen) atoms. The lowest BCUT2D eigenvalue weighted by molar-refractivity contribution is -0.174. The second kappa shape index (κ2) is 11.3. The van der Waals surface area contributed by atoms with E-state index in [-0.39, 0.29) is 24.2 Å². The summed E-state index contributed by atoms with van der Waals surface area (Å²) in [4.78, 5) is 11.4. The van der Waals surface area contributed by atoms with E-state index in [1.165, 1.54) is 0 Å². The highest BCUT2D eigenvalue weighted by Crippen LogP contribution is 2.39. The van der Waals surface area contributed by atoms with E-state index in [0.29, 0.717) is 39.5 Å². The first-order chi connectivity index (χ1) is 12.7. The SMILES string of the molecule is CCO[C@@H]1OC(C(=O)O)=C[C@H](c2ccsc2)[C@@H]1CCOCCOCCO. The van der Waals surface area contributed by atoms with E-state index in [2.05, 4.69) is 0 Å². The summed E-state index contributed by atoms with van der Waals surface area (Å²) in [5.74, 6) is -1.32. The highest BCUT2D eigenvalue weighted by atomic mass is 32.1. The third-order valence-corrected chi connectivity index (χ3v) is 4.76. The molecule has 0 aliphatic carbocycles. The zero-order chi connectivity index (χ0) is 18.8. The third kappa shape index (κ3) is 6.07. The van der Waals surface area contributed by atoms with Gasteiger partial charge in [0.15, 0.2) is 0 Å². The van der Waals surface area contributed by atoms with Gasteiger partial charge in [-0.1, -0.05) is 0 Å². The number of aliphatic hydroxyl groups is 1. The first-order valence-electron chi connectivity index (χ1n) is 8.69. The molecule has 2 N–H and O–H groups in total. The number of aliphatic hydroxyl groups excluding tert-OH is 1. The Bertz CT molecular complexity index is 558. The predicted molar refractivity (Wildman–Crippen MR) is 96.1 cm³/mol. The first-order valence-corrected chi connectivity index (χ1v) is 9.63. The topological polar surface area (TPSA) is 94.5 Å². The minimum atomic E-state index is -1.09. The molecule has 0 amide bonds. The Morgan fingerprint density at radius 1 is 1.27 bits per heavy atom. The monoisotopic (exact) mass is 386 g/mol. The van der Waals surface area contributed by atoms with E-state index in [9.17, 15) is 9.90 Å². The molecular weight excluding hydrogens is 360 g/mol. The Balaban J connectivity index is 2.01. The van der Waals surface area contributed by atoms with Crippen molar-refractivity contribution >= 4 is 17.3 Å². The molecule has 146 valence electrons. The average Bonchev–Trinajstić information content (AvgIpc) is 3.16. The molecule has 0 fully saturated rings. The summed E-state index contributed by atoms with van der Waals surface area (Å²) in [6, 6.07) is 2.00. The minimum Gasteiger partial charge on any atom is -0.475 e. The Hall–Kier alpha value is -1.45. The van der Waals surface area contributed by atoms with Crippen molar-refractivity contribution in [3.05, 3.63) is 34.2 Å². The van der Waals surface area contributed by atoms with Crippen molar-refractivity contribution in [3.63, 3.8) is 0 Å². The van der Waals surface area contributed by atoms with Crippen molar-refractivity contribution in [2.45, 2.75) is 25.6 Å². The van der Waals surface area contributed by atoms with Crippen molar-refractivity contribution < 1.29 is 34.0 Å². The van der Waals surface area contributed by atoms with Crippen molar-refractivity contribution in [3.8, 4) is 0 Å². The number of carboxylic acid groups (broad SMARTS) is 1. The van der Waals surface area contributed by atoms with Gasteiger partial charge in [-0.05, 0) is 41.8 Å². The van der Waals surface area contributed by atoms with Crippen molar-refractivity contribution in [2.24, 2.45) is 5.92 Å². The average molecular weight is 386 g/mol. The molecule has 0 aromatic carbocycles. The van der Waals surface area contributed by atoms with Crippen molar-refractivity contribution in [1.82, 2.24) is 0 Å². The number of rotatable bonds is 12. The quantitative estimate of drug-likeness (QED) is 0.532. The zero-order valence-electron chi connectivity index (χ0n) is 14.8. The van der Waals surface area contributed by atoms with Gasteiger partial charge in [0.2, 0.25) is 12.0 Å². The normalized spacial score (nSPS) is 22.7. The molecule has 0 saturated heterocycles. The molecule has 1 aliphatic rings. The number of aliphatic carboxylic acids is 1. The fourth-order valence-electron chi connectivity index (χ4n) is 2.88. The van der Waals surface area contributed by atoms with Crippen LogP contribution in [0.15, 0.2) is 28.7 Å². The predicted octanol–water partition coefficient (Wildman–Crippen LogP) is 2.22. The van der Waals surface area contributed by atoms with Gasteiger partial charge in [0, 0.05) is 25.0 Å². The van der Waals surface area contributed by atoms with Gasteiger partial charge < -0.3 is 29.2 Å². The van der Waals surface area contributed by atoms with Gasteiger partial charge in [0.25, 0.3) is 0 Å². The van der Waals surface area contributed by atoms with Gasteiger partial charge in [0.1, 0.15) is 0 Å². The summed E-state index contributed by atoms with van der Waals surface area (Å²) in [7, 11) is 0. The van der Waals surface area contributed by atoms with Gasteiger partial charge in [-0.15, -0.1) is 0 Å². The van der Waals surface area contributed by atoms with E-state index < -0.39 is 12.3 Å². The fraction of sp³-hybridized carbons (Fsp3) is 0.611. The summed E-state index contributed by atoms with van der Waals surface area (Å²) in [5, 5.41) is 22.0.